The molecule has 11 heteroatoms. The van der Waals surface area contributed by atoms with Crippen LogP contribution in [0.4, 0.5) is 5.00 Å². The number of esters is 1. The first-order valence-electron chi connectivity index (χ1n) is 9.34. The quantitative estimate of drug-likeness (QED) is 0.280. The second-order valence-electron chi connectivity index (χ2n) is 6.48. The maximum Gasteiger partial charge on any atom is 0.341 e. The zero-order chi connectivity index (χ0) is 22.5. The van der Waals surface area contributed by atoms with Crippen LogP contribution >= 0.6 is 34.7 Å². The third-order valence-corrected chi connectivity index (χ3v) is 6.62. The van der Waals surface area contributed by atoms with Crippen molar-refractivity contribution < 1.29 is 18.7 Å². The molecule has 1 aromatic carbocycles. The number of anilines is 1. The Hall–Kier alpha value is -3.08. The number of halogens is 1. The zero-order valence-electron chi connectivity index (χ0n) is 16.8. The largest absolute Gasteiger partial charge is 0.467 e. The number of rotatable bonds is 8. The fourth-order valence-corrected chi connectivity index (χ4v) is 4.88. The first-order valence-corrected chi connectivity index (χ1v) is 11.6. The van der Waals surface area contributed by atoms with Crippen molar-refractivity contribution in [2.24, 2.45) is 0 Å². The lowest BCUT2D eigenvalue weighted by Gasteiger charge is -2.09. The van der Waals surface area contributed by atoms with E-state index in [1.54, 1.807) is 40.7 Å². The first-order chi connectivity index (χ1) is 15.6. The van der Waals surface area contributed by atoms with Gasteiger partial charge in [-0.25, -0.2) is 4.79 Å². The van der Waals surface area contributed by atoms with E-state index in [0.717, 1.165) is 5.76 Å². The van der Waals surface area contributed by atoms with Crippen LogP contribution < -0.4 is 5.32 Å². The van der Waals surface area contributed by atoms with Crippen LogP contribution in [-0.2, 0) is 16.1 Å². The van der Waals surface area contributed by atoms with Crippen LogP contribution in [0.25, 0.3) is 11.1 Å². The van der Waals surface area contributed by atoms with E-state index in [2.05, 4.69) is 15.5 Å². The van der Waals surface area contributed by atoms with Crippen molar-refractivity contribution in [3.63, 3.8) is 0 Å². The van der Waals surface area contributed by atoms with Gasteiger partial charge in [0.15, 0.2) is 5.16 Å². The van der Waals surface area contributed by atoms with Gasteiger partial charge in [0.2, 0.25) is 5.91 Å². The summed E-state index contributed by atoms with van der Waals surface area (Å²) in [5, 5.41) is 14.0. The molecule has 3 heterocycles. The highest BCUT2D eigenvalue weighted by atomic mass is 35.5. The predicted molar refractivity (Wildman–Crippen MR) is 123 cm³/mol. The molecule has 4 aromatic rings. The van der Waals surface area contributed by atoms with Gasteiger partial charge in [-0.05, 0) is 18.2 Å². The number of hydrogen-bond donors (Lipinski definition) is 1. The van der Waals surface area contributed by atoms with Crippen LogP contribution in [0.15, 0.2) is 63.9 Å². The van der Waals surface area contributed by atoms with Crippen molar-refractivity contribution in [2.75, 3.05) is 18.2 Å². The summed E-state index contributed by atoms with van der Waals surface area (Å²) < 4.78 is 12.1. The lowest BCUT2D eigenvalue weighted by atomic mass is 10.0. The molecule has 0 spiro atoms. The van der Waals surface area contributed by atoms with E-state index in [9.17, 15) is 9.59 Å². The Kier molecular flexibility index (Phi) is 6.93. The van der Waals surface area contributed by atoms with Crippen LogP contribution in [0.5, 0.6) is 0 Å². The number of benzene rings is 1. The van der Waals surface area contributed by atoms with Crippen molar-refractivity contribution in [1.82, 2.24) is 14.8 Å². The van der Waals surface area contributed by atoms with Gasteiger partial charge in [-0.2, -0.15) is 0 Å². The molecule has 1 N–H and O–H groups in total. The van der Waals surface area contributed by atoms with Gasteiger partial charge in [-0.3, -0.25) is 4.79 Å². The Balaban J connectivity index is 1.48. The molecule has 0 aliphatic heterocycles. The molecule has 3 aromatic heterocycles. The molecule has 0 bridgehead atoms. The number of amides is 1. The monoisotopic (exact) mass is 488 g/mol. The Morgan fingerprint density at radius 2 is 2.09 bits per heavy atom. The fourth-order valence-electron chi connectivity index (χ4n) is 2.96. The van der Waals surface area contributed by atoms with E-state index in [4.69, 9.17) is 20.8 Å². The molecular formula is C21H17ClN4O4S2. The average Bonchev–Trinajstić information content (AvgIpc) is 3.54. The number of ether oxygens (including phenoxy) is 1. The Morgan fingerprint density at radius 3 is 2.84 bits per heavy atom. The number of carbonyl (C=O) groups excluding carboxylic acids is 2. The molecule has 32 heavy (non-hydrogen) atoms. The summed E-state index contributed by atoms with van der Waals surface area (Å²) in [5.74, 6) is -0.0105. The second kappa shape index (κ2) is 10.0. The van der Waals surface area contributed by atoms with Crippen LogP contribution in [0, 0.1) is 0 Å². The van der Waals surface area contributed by atoms with Crippen molar-refractivity contribution in [3.8, 4) is 11.1 Å². The number of hydrogen-bond acceptors (Lipinski definition) is 8. The zero-order valence-corrected chi connectivity index (χ0v) is 19.2. The molecule has 4 rings (SSSR count). The van der Waals surface area contributed by atoms with Gasteiger partial charge < -0.3 is 19.0 Å². The van der Waals surface area contributed by atoms with Gasteiger partial charge in [-0.1, -0.05) is 41.6 Å². The number of furan rings is 1. The lowest BCUT2D eigenvalue weighted by Crippen LogP contribution is -2.16. The highest BCUT2D eigenvalue weighted by Crippen LogP contribution is 2.39. The predicted octanol–water partition coefficient (Wildman–Crippen LogP) is 4.82. The third-order valence-electron chi connectivity index (χ3n) is 4.42. The Bertz CT molecular complexity index is 1240. The molecule has 0 fully saturated rings. The fraction of sp³-hybridized carbons (Fsp3) is 0.143. The molecule has 0 radical (unpaired) electrons. The number of methoxy groups -OCH3 is 1. The van der Waals surface area contributed by atoms with Crippen molar-refractivity contribution in [1.29, 1.82) is 0 Å². The molecule has 0 saturated heterocycles. The van der Waals surface area contributed by atoms with Gasteiger partial charge in [0.05, 0.1) is 25.7 Å². The van der Waals surface area contributed by atoms with Gasteiger partial charge >= 0.3 is 5.97 Å². The second-order valence-corrected chi connectivity index (χ2v) is 8.71. The van der Waals surface area contributed by atoms with E-state index in [1.807, 2.05) is 18.2 Å². The molecule has 164 valence electrons. The molecule has 0 aliphatic carbocycles. The Labute approximate surface area is 196 Å². The molecular weight excluding hydrogens is 472 g/mol. The van der Waals surface area contributed by atoms with E-state index in [0.29, 0.717) is 32.9 Å². The average molecular weight is 489 g/mol. The van der Waals surface area contributed by atoms with Crippen molar-refractivity contribution >= 4 is 51.6 Å². The summed E-state index contributed by atoms with van der Waals surface area (Å²) in [6.45, 7) is 0.461. The molecule has 0 atom stereocenters. The topological polar surface area (TPSA) is 99.2 Å². The minimum absolute atomic E-state index is 0.0801. The van der Waals surface area contributed by atoms with Crippen LogP contribution in [-0.4, -0.2) is 39.5 Å². The molecule has 1 amide bonds. The van der Waals surface area contributed by atoms with Crippen molar-refractivity contribution in [3.05, 3.63) is 70.7 Å². The number of aromatic nitrogens is 3. The minimum atomic E-state index is -0.553. The lowest BCUT2D eigenvalue weighted by molar-refractivity contribution is -0.113. The SMILES string of the molecule is COC(=O)c1c(-c2ccccc2Cl)csc1NC(=O)CSc1nncn1Cc1ccco1. The van der Waals surface area contributed by atoms with Gasteiger partial charge in [-0.15, -0.1) is 21.5 Å². The van der Waals surface area contributed by atoms with E-state index in [1.165, 1.54) is 30.2 Å². The first kappa shape index (κ1) is 22.1. The number of nitrogens with one attached hydrogen (secondary N) is 1. The summed E-state index contributed by atoms with van der Waals surface area (Å²) in [6.07, 6.45) is 3.17. The van der Waals surface area contributed by atoms with E-state index >= 15 is 0 Å². The number of thiophene rings is 1. The molecule has 0 saturated carbocycles. The molecule has 0 unspecified atom stereocenters. The molecule has 0 aliphatic rings. The van der Waals surface area contributed by atoms with Crippen LogP contribution in [0.1, 0.15) is 16.1 Å². The summed E-state index contributed by atoms with van der Waals surface area (Å²) >= 11 is 8.77. The highest BCUT2D eigenvalue weighted by molar-refractivity contribution is 7.99. The summed E-state index contributed by atoms with van der Waals surface area (Å²) in [6, 6.07) is 10.8. The number of thioether (sulfide) groups is 1. The van der Waals surface area contributed by atoms with Gasteiger partial charge in [0.1, 0.15) is 22.7 Å². The normalized spacial score (nSPS) is 10.8. The summed E-state index contributed by atoms with van der Waals surface area (Å²) in [5.41, 5.74) is 1.56. The Morgan fingerprint density at radius 1 is 1.25 bits per heavy atom. The number of nitrogens with zero attached hydrogens (tertiary/aromatic N) is 3. The van der Waals surface area contributed by atoms with E-state index < -0.39 is 5.97 Å². The number of carbonyl (C=O) groups is 2. The molecule has 8 nitrogen and oxygen atoms in total. The van der Waals surface area contributed by atoms with E-state index in [-0.39, 0.29) is 17.2 Å². The van der Waals surface area contributed by atoms with Crippen molar-refractivity contribution in [2.45, 2.75) is 11.7 Å². The van der Waals surface area contributed by atoms with Gasteiger partial charge in [0.25, 0.3) is 0 Å². The van der Waals surface area contributed by atoms with Crippen LogP contribution in [0.2, 0.25) is 5.02 Å². The minimum Gasteiger partial charge on any atom is -0.467 e. The summed E-state index contributed by atoms with van der Waals surface area (Å²) in [7, 11) is 1.30. The third kappa shape index (κ3) is 4.87. The van der Waals surface area contributed by atoms with Gasteiger partial charge in [0, 0.05) is 21.5 Å². The standard InChI is InChI=1S/C21H17ClN4O4S2/c1-29-20(28)18-15(14-6-2-3-7-16(14)22)10-31-19(18)24-17(27)11-32-21-25-23-12-26(21)9-13-5-4-8-30-13/h2-8,10,12H,9,11H2,1H3,(H,24,27). The maximum absolute atomic E-state index is 12.6. The maximum atomic E-state index is 12.6. The smallest absolute Gasteiger partial charge is 0.341 e. The highest BCUT2D eigenvalue weighted by Gasteiger charge is 2.23. The van der Waals surface area contributed by atoms with Crippen LogP contribution in [0.3, 0.4) is 0 Å². The summed E-state index contributed by atoms with van der Waals surface area (Å²) in [4.78, 5) is 25.1.